The fourth-order valence-electron chi connectivity index (χ4n) is 1.86. The van der Waals surface area contributed by atoms with Crippen molar-refractivity contribution in [1.29, 1.82) is 0 Å². The van der Waals surface area contributed by atoms with Crippen LogP contribution in [0.25, 0.3) is 0 Å². The molecule has 1 amide bonds. The van der Waals surface area contributed by atoms with Gasteiger partial charge in [-0.25, -0.2) is 4.79 Å². The second-order valence-corrected chi connectivity index (χ2v) is 5.30. The topological polar surface area (TPSA) is 55.4 Å². The van der Waals surface area contributed by atoms with Crippen molar-refractivity contribution in [2.24, 2.45) is 0 Å². The molecule has 114 valence electrons. The number of carbonyl (C=O) groups excluding carboxylic acids is 2. The lowest BCUT2D eigenvalue weighted by molar-refractivity contribution is -0.123. The van der Waals surface area contributed by atoms with Crippen molar-refractivity contribution in [2.45, 2.75) is 20.0 Å². The maximum atomic E-state index is 12.1. The summed E-state index contributed by atoms with van der Waals surface area (Å²) in [6.45, 7) is 3.34. The first-order valence-electron chi connectivity index (χ1n) is 6.80. The van der Waals surface area contributed by atoms with Crippen molar-refractivity contribution in [2.75, 3.05) is 5.32 Å². The van der Waals surface area contributed by atoms with Crippen LogP contribution in [0.1, 0.15) is 22.8 Å². The highest BCUT2D eigenvalue weighted by Crippen LogP contribution is 2.15. The number of anilines is 1. The van der Waals surface area contributed by atoms with Gasteiger partial charge in [0.05, 0.1) is 5.56 Å². The van der Waals surface area contributed by atoms with Gasteiger partial charge in [0.2, 0.25) is 0 Å². The van der Waals surface area contributed by atoms with Gasteiger partial charge in [0, 0.05) is 10.7 Å². The zero-order chi connectivity index (χ0) is 16.1. The molecule has 0 aliphatic rings. The molecule has 0 spiro atoms. The van der Waals surface area contributed by atoms with Crippen molar-refractivity contribution in [1.82, 2.24) is 0 Å². The quantitative estimate of drug-likeness (QED) is 0.872. The zero-order valence-corrected chi connectivity index (χ0v) is 13.1. The van der Waals surface area contributed by atoms with E-state index >= 15 is 0 Å². The first kappa shape index (κ1) is 16.0. The van der Waals surface area contributed by atoms with Gasteiger partial charge in [-0.15, -0.1) is 0 Å². The predicted octanol–water partition coefficient (Wildman–Crippen LogP) is 3.83. The molecular weight excluding hydrogens is 302 g/mol. The number of ether oxygens (including phenoxy) is 1. The molecule has 0 bridgehead atoms. The lowest BCUT2D eigenvalue weighted by atomic mass is 10.1. The summed E-state index contributed by atoms with van der Waals surface area (Å²) in [5.41, 5.74) is 1.85. The van der Waals surface area contributed by atoms with Gasteiger partial charge in [-0.05, 0) is 49.7 Å². The first-order valence-corrected chi connectivity index (χ1v) is 7.18. The summed E-state index contributed by atoms with van der Waals surface area (Å²) in [5.74, 6) is -0.916. The van der Waals surface area contributed by atoms with Gasteiger partial charge < -0.3 is 10.1 Å². The van der Waals surface area contributed by atoms with E-state index in [-0.39, 0.29) is 0 Å². The van der Waals surface area contributed by atoms with Crippen LogP contribution >= 0.6 is 11.6 Å². The Kier molecular flexibility index (Phi) is 5.17. The third-order valence-electron chi connectivity index (χ3n) is 3.13. The van der Waals surface area contributed by atoms with Crippen LogP contribution in [0.2, 0.25) is 5.02 Å². The summed E-state index contributed by atoms with van der Waals surface area (Å²) in [7, 11) is 0. The van der Waals surface area contributed by atoms with Gasteiger partial charge in [0.15, 0.2) is 6.10 Å². The molecule has 2 aromatic rings. The van der Waals surface area contributed by atoms with E-state index < -0.39 is 18.0 Å². The van der Waals surface area contributed by atoms with Gasteiger partial charge in [-0.1, -0.05) is 29.8 Å². The fraction of sp³-hybridized carbons (Fsp3) is 0.176. The summed E-state index contributed by atoms with van der Waals surface area (Å²) in [4.78, 5) is 24.1. The van der Waals surface area contributed by atoms with Gasteiger partial charge in [0.25, 0.3) is 5.91 Å². The normalized spacial score (nSPS) is 11.6. The largest absolute Gasteiger partial charge is 0.449 e. The van der Waals surface area contributed by atoms with Gasteiger partial charge in [0.1, 0.15) is 0 Å². The Hall–Kier alpha value is -2.33. The van der Waals surface area contributed by atoms with Crippen molar-refractivity contribution in [3.63, 3.8) is 0 Å². The van der Waals surface area contributed by atoms with Crippen LogP contribution in [0.15, 0.2) is 48.5 Å². The molecule has 4 nitrogen and oxygen atoms in total. The van der Waals surface area contributed by atoms with Gasteiger partial charge >= 0.3 is 5.97 Å². The minimum absolute atomic E-state index is 0.399. The number of aryl methyl sites for hydroxylation is 1. The fourth-order valence-corrected chi connectivity index (χ4v) is 1.98. The molecular formula is C17H16ClNO3. The smallest absolute Gasteiger partial charge is 0.339 e. The summed E-state index contributed by atoms with van der Waals surface area (Å²) in [6.07, 6.45) is -0.900. The number of hydrogen-bond donors (Lipinski definition) is 1. The standard InChI is InChI=1S/C17H16ClNO3/c1-11-5-3-4-6-15(11)17(21)22-12(2)16(20)19-14-9-7-13(18)8-10-14/h3-10,12H,1-2H3,(H,19,20). The zero-order valence-electron chi connectivity index (χ0n) is 12.3. The Morgan fingerprint density at radius 2 is 1.73 bits per heavy atom. The molecule has 0 aliphatic heterocycles. The second kappa shape index (κ2) is 7.09. The molecule has 1 unspecified atom stereocenters. The molecule has 0 aliphatic carbocycles. The van der Waals surface area contributed by atoms with E-state index in [0.29, 0.717) is 16.3 Å². The first-order chi connectivity index (χ1) is 10.5. The Morgan fingerprint density at radius 1 is 1.09 bits per heavy atom. The van der Waals surface area contributed by atoms with E-state index in [1.165, 1.54) is 6.92 Å². The molecule has 0 aromatic heterocycles. The Bertz CT molecular complexity index is 683. The molecule has 0 fully saturated rings. The molecule has 2 rings (SSSR count). The van der Waals surface area contributed by atoms with Crippen LogP contribution in [-0.2, 0) is 9.53 Å². The second-order valence-electron chi connectivity index (χ2n) is 4.86. The Morgan fingerprint density at radius 3 is 2.36 bits per heavy atom. The van der Waals surface area contributed by atoms with Gasteiger partial charge in [-0.2, -0.15) is 0 Å². The Labute approximate surface area is 134 Å². The third kappa shape index (κ3) is 4.09. The average molecular weight is 318 g/mol. The lowest BCUT2D eigenvalue weighted by Gasteiger charge is -2.14. The van der Waals surface area contributed by atoms with Crippen LogP contribution in [0.5, 0.6) is 0 Å². The molecule has 22 heavy (non-hydrogen) atoms. The number of halogens is 1. The summed E-state index contributed by atoms with van der Waals surface area (Å²) in [6, 6.07) is 13.8. The average Bonchev–Trinajstić information content (AvgIpc) is 2.49. The van der Waals surface area contributed by atoms with E-state index in [1.807, 2.05) is 19.1 Å². The minimum atomic E-state index is -0.900. The van der Waals surface area contributed by atoms with E-state index in [0.717, 1.165) is 5.56 Å². The maximum Gasteiger partial charge on any atom is 0.339 e. The van der Waals surface area contributed by atoms with E-state index in [1.54, 1.807) is 36.4 Å². The van der Waals surface area contributed by atoms with Crippen molar-refractivity contribution in [3.05, 3.63) is 64.7 Å². The van der Waals surface area contributed by atoms with E-state index in [4.69, 9.17) is 16.3 Å². The lowest BCUT2D eigenvalue weighted by Crippen LogP contribution is -2.30. The Balaban J connectivity index is 1.98. The molecule has 0 heterocycles. The molecule has 2 aromatic carbocycles. The van der Waals surface area contributed by atoms with Crippen LogP contribution in [0.3, 0.4) is 0 Å². The summed E-state index contributed by atoms with van der Waals surface area (Å²) >= 11 is 5.78. The van der Waals surface area contributed by atoms with Crippen molar-refractivity contribution >= 4 is 29.2 Å². The highest BCUT2D eigenvalue weighted by Gasteiger charge is 2.19. The van der Waals surface area contributed by atoms with Crippen LogP contribution in [-0.4, -0.2) is 18.0 Å². The highest BCUT2D eigenvalue weighted by atomic mass is 35.5. The number of esters is 1. The third-order valence-corrected chi connectivity index (χ3v) is 3.38. The summed E-state index contributed by atoms with van der Waals surface area (Å²) < 4.78 is 5.20. The molecule has 1 N–H and O–H groups in total. The maximum absolute atomic E-state index is 12.1. The molecule has 0 saturated heterocycles. The number of carbonyl (C=O) groups is 2. The molecule has 1 atom stereocenters. The predicted molar refractivity (Wildman–Crippen MR) is 86.1 cm³/mol. The number of amides is 1. The van der Waals surface area contributed by atoms with Crippen LogP contribution in [0, 0.1) is 6.92 Å². The van der Waals surface area contributed by atoms with E-state index in [2.05, 4.69) is 5.32 Å². The van der Waals surface area contributed by atoms with Crippen molar-refractivity contribution in [3.8, 4) is 0 Å². The van der Waals surface area contributed by atoms with Crippen molar-refractivity contribution < 1.29 is 14.3 Å². The van der Waals surface area contributed by atoms with E-state index in [9.17, 15) is 9.59 Å². The van der Waals surface area contributed by atoms with Gasteiger partial charge in [-0.3, -0.25) is 4.79 Å². The number of benzene rings is 2. The van der Waals surface area contributed by atoms with Crippen LogP contribution < -0.4 is 5.32 Å². The SMILES string of the molecule is Cc1ccccc1C(=O)OC(C)C(=O)Nc1ccc(Cl)cc1. The summed E-state index contributed by atoms with van der Waals surface area (Å²) in [5, 5.41) is 3.25. The highest BCUT2D eigenvalue weighted by molar-refractivity contribution is 6.30. The number of nitrogens with one attached hydrogen (secondary N) is 1. The monoisotopic (exact) mass is 317 g/mol. The molecule has 5 heteroatoms. The molecule has 0 saturated carbocycles. The number of rotatable bonds is 4. The number of hydrogen-bond acceptors (Lipinski definition) is 3. The molecule has 0 radical (unpaired) electrons. The minimum Gasteiger partial charge on any atom is -0.449 e. The van der Waals surface area contributed by atoms with Crippen LogP contribution in [0.4, 0.5) is 5.69 Å².